The molecule has 14 heavy (non-hydrogen) atoms. The number of hydrogen-bond acceptors (Lipinski definition) is 5. The molecule has 0 aliphatic carbocycles. The molecular formula is C7H6N2O5. The van der Waals surface area contributed by atoms with Crippen molar-refractivity contribution in [3.63, 3.8) is 0 Å². The van der Waals surface area contributed by atoms with E-state index in [0.717, 1.165) is 12.1 Å². The van der Waals surface area contributed by atoms with Crippen LogP contribution in [0.1, 0.15) is 0 Å². The zero-order valence-electron chi connectivity index (χ0n) is 6.91. The maximum Gasteiger partial charge on any atom is 0.387 e. The standard InChI is InChI=1S/C6H4N2O5.CH2/c9-5-3-1-2-4(7(10)11)6(5)8(12)13;/h1-3,9H;1H2. The second-order valence-corrected chi connectivity index (χ2v) is 2.16. The summed E-state index contributed by atoms with van der Waals surface area (Å²) >= 11 is 0. The summed E-state index contributed by atoms with van der Waals surface area (Å²) < 4.78 is 0. The van der Waals surface area contributed by atoms with Gasteiger partial charge in [0.1, 0.15) is 0 Å². The Labute approximate surface area is 78.9 Å². The molecule has 0 bridgehead atoms. The van der Waals surface area contributed by atoms with Crippen LogP contribution >= 0.6 is 0 Å². The number of nitro groups is 2. The lowest BCUT2D eigenvalue weighted by Gasteiger charge is -1.95. The van der Waals surface area contributed by atoms with Crippen molar-refractivity contribution >= 4 is 11.4 Å². The summed E-state index contributed by atoms with van der Waals surface area (Å²) in [5, 5.41) is 29.5. The van der Waals surface area contributed by atoms with E-state index in [0.29, 0.717) is 0 Å². The van der Waals surface area contributed by atoms with Crippen molar-refractivity contribution in [3.05, 3.63) is 45.9 Å². The molecule has 0 saturated heterocycles. The van der Waals surface area contributed by atoms with E-state index >= 15 is 0 Å². The number of hydrogen-bond donors (Lipinski definition) is 1. The van der Waals surface area contributed by atoms with E-state index in [9.17, 15) is 20.2 Å². The predicted octanol–water partition coefficient (Wildman–Crippen LogP) is 1.54. The minimum atomic E-state index is -0.993. The van der Waals surface area contributed by atoms with Gasteiger partial charge in [-0.25, -0.2) is 0 Å². The van der Waals surface area contributed by atoms with Crippen molar-refractivity contribution in [2.24, 2.45) is 0 Å². The third kappa shape index (κ3) is 1.94. The predicted molar refractivity (Wildman–Crippen MR) is 46.8 cm³/mol. The average Bonchev–Trinajstić information content (AvgIpc) is 2.02. The average molecular weight is 198 g/mol. The van der Waals surface area contributed by atoms with E-state index in [1.807, 2.05) is 0 Å². The van der Waals surface area contributed by atoms with Crippen molar-refractivity contribution in [3.8, 4) is 5.75 Å². The number of para-hydroxylation sites is 1. The van der Waals surface area contributed by atoms with E-state index in [1.54, 1.807) is 0 Å². The zero-order valence-corrected chi connectivity index (χ0v) is 6.91. The summed E-state index contributed by atoms with van der Waals surface area (Å²) in [5.41, 5.74) is -1.60. The van der Waals surface area contributed by atoms with Gasteiger partial charge in [-0.05, 0) is 6.07 Å². The molecule has 0 aliphatic rings. The Hall–Kier alpha value is -2.18. The molecule has 0 spiro atoms. The molecule has 0 aromatic heterocycles. The Kier molecular flexibility index (Phi) is 3.52. The molecule has 7 heteroatoms. The van der Waals surface area contributed by atoms with Gasteiger partial charge in [-0.1, -0.05) is 13.5 Å². The van der Waals surface area contributed by atoms with Gasteiger partial charge in [0.05, 0.1) is 9.85 Å². The quantitative estimate of drug-likeness (QED) is 0.572. The Balaban J connectivity index is 0.00000169. The molecule has 0 amide bonds. The van der Waals surface area contributed by atoms with Crippen molar-refractivity contribution < 1.29 is 15.0 Å². The summed E-state index contributed by atoms with van der Waals surface area (Å²) in [6, 6.07) is 3.14. The van der Waals surface area contributed by atoms with Gasteiger partial charge >= 0.3 is 11.4 Å². The third-order valence-electron chi connectivity index (χ3n) is 1.37. The first-order valence-corrected chi connectivity index (χ1v) is 3.15. The summed E-state index contributed by atoms with van der Waals surface area (Å²) in [6.07, 6.45) is 0. The van der Waals surface area contributed by atoms with Crippen LogP contribution in [0.3, 0.4) is 0 Å². The molecule has 1 aromatic carbocycles. The van der Waals surface area contributed by atoms with Crippen LogP contribution in [-0.4, -0.2) is 15.0 Å². The highest BCUT2D eigenvalue weighted by molar-refractivity contribution is 5.60. The zero-order chi connectivity index (χ0) is 10.0. The Morgan fingerprint density at radius 1 is 1.14 bits per heavy atom. The van der Waals surface area contributed by atoms with Crippen molar-refractivity contribution in [1.82, 2.24) is 0 Å². The summed E-state index contributed by atoms with van der Waals surface area (Å²) in [5.74, 6) is -0.709. The molecule has 1 rings (SSSR count). The van der Waals surface area contributed by atoms with Crippen molar-refractivity contribution in [1.29, 1.82) is 0 Å². The molecule has 1 aromatic rings. The topological polar surface area (TPSA) is 107 Å². The van der Waals surface area contributed by atoms with Crippen molar-refractivity contribution in [2.45, 2.75) is 0 Å². The van der Waals surface area contributed by atoms with Gasteiger partial charge in [0, 0.05) is 6.07 Å². The van der Waals surface area contributed by atoms with Gasteiger partial charge in [-0.3, -0.25) is 20.2 Å². The van der Waals surface area contributed by atoms with Crippen LogP contribution in [0, 0.1) is 27.7 Å². The SMILES string of the molecule is O=[N+]([O-])c1cccc(O)c1[N+](=O)[O-].[CH2]. The fourth-order valence-corrected chi connectivity index (χ4v) is 0.854. The van der Waals surface area contributed by atoms with E-state index in [1.165, 1.54) is 6.07 Å². The third-order valence-corrected chi connectivity index (χ3v) is 1.37. The highest BCUT2D eigenvalue weighted by Gasteiger charge is 2.27. The number of nitro benzene ring substituents is 2. The molecule has 2 radical (unpaired) electrons. The van der Waals surface area contributed by atoms with E-state index < -0.39 is 27.0 Å². The number of nitrogens with zero attached hydrogens (tertiary/aromatic N) is 2. The molecule has 0 aliphatic heterocycles. The first-order chi connectivity index (χ1) is 6.04. The van der Waals surface area contributed by atoms with Crippen LogP contribution in [0.15, 0.2) is 18.2 Å². The number of phenols is 1. The monoisotopic (exact) mass is 198 g/mol. The highest BCUT2D eigenvalue weighted by Crippen LogP contribution is 2.34. The second-order valence-electron chi connectivity index (χ2n) is 2.16. The lowest BCUT2D eigenvalue weighted by atomic mass is 10.2. The summed E-state index contributed by atoms with van der Waals surface area (Å²) in [7, 11) is 0. The lowest BCUT2D eigenvalue weighted by molar-refractivity contribution is -0.423. The number of aromatic hydroxyl groups is 1. The molecular weight excluding hydrogens is 192 g/mol. The molecule has 0 unspecified atom stereocenters. The first-order valence-electron chi connectivity index (χ1n) is 3.15. The number of rotatable bonds is 2. The fourth-order valence-electron chi connectivity index (χ4n) is 0.854. The second kappa shape index (κ2) is 4.17. The van der Waals surface area contributed by atoms with Gasteiger partial charge in [-0.15, -0.1) is 0 Å². The van der Waals surface area contributed by atoms with Crippen LogP contribution in [0.4, 0.5) is 11.4 Å². The number of benzene rings is 1. The van der Waals surface area contributed by atoms with Gasteiger partial charge in [0.25, 0.3) is 0 Å². The molecule has 0 fully saturated rings. The van der Waals surface area contributed by atoms with E-state index in [-0.39, 0.29) is 7.43 Å². The fraction of sp³-hybridized carbons (Fsp3) is 0. The van der Waals surface area contributed by atoms with Crippen molar-refractivity contribution in [2.75, 3.05) is 0 Å². The normalized spacial score (nSPS) is 8.86. The molecule has 0 atom stereocenters. The maximum atomic E-state index is 10.3. The van der Waals surface area contributed by atoms with E-state index in [2.05, 4.69) is 0 Å². The Morgan fingerprint density at radius 3 is 2.07 bits per heavy atom. The van der Waals surface area contributed by atoms with Gasteiger partial charge in [-0.2, -0.15) is 0 Å². The summed E-state index contributed by atoms with van der Waals surface area (Å²) in [4.78, 5) is 18.6. The summed E-state index contributed by atoms with van der Waals surface area (Å²) in [6.45, 7) is 0. The largest absolute Gasteiger partial charge is 0.502 e. The van der Waals surface area contributed by atoms with Gasteiger partial charge in [0.2, 0.25) is 5.75 Å². The minimum absolute atomic E-state index is 0. The molecule has 0 saturated carbocycles. The minimum Gasteiger partial charge on any atom is -0.502 e. The van der Waals surface area contributed by atoms with Crippen LogP contribution < -0.4 is 0 Å². The van der Waals surface area contributed by atoms with Gasteiger partial charge in [0.15, 0.2) is 0 Å². The van der Waals surface area contributed by atoms with Crippen LogP contribution in [0.25, 0.3) is 0 Å². The molecule has 0 heterocycles. The number of phenolic OH excluding ortho intramolecular Hbond substituents is 1. The molecule has 74 valence electrons. The molecule has 7 nitrogen and oxygen atoms in total. The van der Waals surface area contributed by atoms with Crippen LogP contribution in [-0.2, 0) is 0 Å². The molecule has 1 N–H and O–H groups in total. The smallest absolute Gasteiger partial charge is 0.387 e. The first kappa shape index (κ1) is 11.8. The van der Waals surface area contributed by atoms with E-state index in [4.69, 9.17) is 5.11 Å². The Morgan fingerprint density at radius 2 is 1.71 bits per heavy atom. The highest BCUT2D eigenvalue weighted by atomic mass is 16.6. The van der Waals surface area contributed by atoms with Crippen LogP contribution in [0.5, 0.6) is 5.75 Å². The lowest BCUT2D eigenvalue weighted by Crippen LogP contribution is -1.96. The Bertz CT molecular complexity index is 376. The maximum absolute atomic E-state index is 10.3. The van der Waals surface area contributed by atoms with Crippen LogP contribution in [0.2, 0.25) is 0 Å². The van der Waals surface area contributed by atoms with Gasteiger partial charge < -0.3 is 5.11 Å².